The number of hydrogen-bond donors (Lipinski definition) is 2. The maximum atomic E-state index is 12.1. The minimum absolute atomic E-state index is 0.247. The van der Waals surface area contributed by atoms with Crippen LogP contribution in [0.3, 0.4) is 0 Å². The molecule has 0 aromatic heterocycles. The first-order chi connectivity index (χ1) is 12.6. The fraction of sp³-hybridized carbons (Fsp3) is 0.167. The Kier molecular flexibility index (Phi) is 6.40. The first kappa shape index (κ1) is 18.6. The molecule has 2 rings (SSSR count). The van der Waals surface area contributed by atoms with Crippen LogP contribution in [0.4, 0.5) is 0 Å². The Bertz CT molecular complexity index is 823. The number of para-hydroxylation sites is 1. The summed E-state index contributed by atoms with van der Waals surface area (Å²) in [6.07, 6.45) is 0. The molecule has 0 spiro atoms. The largest absolute Gasteiger partial charge is 0.497 e. The van der Waals surface area contributed by atoms with Crippen molar-refractivity contribution >= 4 is 11.8 Å². The van der Waals surface area contributed by atoms with E-state index < -0.39 is 11.8 Å². The highest BCUT2D eigenvalue weighted by Gasteiger charge is 2.12. The molecule has 0 fully saturated rings. The van der Waals surface area contributed by atoms with Gasteiger partial charge >= 0.3 is 0 Å². The van der Waals surface area contributed by atoms with Crippen molar-refractivity contribution < 1.29 is 23.8 Å². The van der Waals surface area contributed by atoms with E-state index in [0.717, 1.165) is 0 Å². The van der Waals surface area contributed by atoms with Crippen LogP contribution < -0.4 is 25.1 Å². The standard InChI is InChI=1S/C18H17N3O5/c1-24-14-7-13(8-15(9-14)25-2)18(23)21-20-17(22)11-26-16-6-4-3-5-12(16)10-19/h3-9H,11H2,1-2H3,(H,20,22)(H,21,23). The zero-order chi connectivity index (χ0) is 18.9. The molecule has 134 valence electrons. The molecule has 0 atom stereocenters. The van der Waals surface area contributed by atoms with Gasteiger partial charge in [0.05, 0.1) is 19.8 Å². The Balaban J connectivity index is 1.91. The van der Waals surface area contributed by atoms with Crippen LogP contribution in [0.2, 0.25) is 0 Å². The lowest BCUT2D eigenvalue weighted by Gasteiger charge is -2.11. The Labute approximate surface area is 150 Å². The zero-order valence-corrected chi connectivity index (χ0v) is 14.2. The van der Waals surface area contributed by atoms with Crippen LogP contribution in [0.1, 0.15) is 15.9 Å². The summed E-state index contributed by atoms with van der Waals surface area (Å²) in [4.78, 5) is 24.0. The summed E-state index contributed by atoms with van der Waals surface area (Å²) in [5.74, 6) is 0.0393. The zero-order valence-electron chi connectivity index (χ0n) is 14.2. The van der Waals surface area contributed by atoms with Gasteiger partial charge < -0.3 is 14.2 Å². The van der Waals surface area contributed by atoms with Gasteiger partial charge in [0.15, 0.2) is 6.61 Å². The molecule has 0 heterocycles. The van der Waals surface area contributed by atoms with E-state index in [1.54, 1.807) is 30.3 Å². The summed E-state index contributed by atoms with van der Waals surface area (Å²) in [5.41, 5.74) is 5.07. The smallest absolute Gasteiger partial charge is 0.276 e. The van der Waals surface area contributed by atoms with Crippen molar-refractivity contribution in [3.8, 4) is 23.3 Å². The van der Waals surface area contributed by atoms with Crippen LogP contribution >= 0.6 is 0 Å². The Morgan fingerprint density at radius 2 is 1.69 bits per heavy atom. The first-order valence-electron chi connectivity index (χ1n) is 7.51. The Morgan fingerprint density at radius 1 is 1.04 bits per heavy atom. The molecule has 2 aromatic rings. The van der Waals surface area contributed by atoms with Crippen LogP contribution in [-0.2, 0) is 4.79 Å². The predicted molar refractivity (Wildman–Crippen MR) is 91.8 cm³/mol. The van der Waals surface area contributed by atoms with Crippen LogP contribution in [0.15, 0.2) is 42.5 Å². The number of carbonyl (C=O) groups is 2. The molecule has 2 aromatic carbocycles. The SMILES string of the molecule is COc1cc(OC)cc(C(=O)NNC(=O)COc2ccccc2C#N)c1. The topological polar surface area (TPSA) is 110 Å². The summed E-state index contributed by atoms with van der Waals surface area (Å²) in [5, 5.41) is 8.96. The molecule has 0 unspecified atom stereocenters. The number of carbonyl (C=O) groups excluding carboxylic acids is 2. The molecule has 0 saturated carbocycles. The van der Waals surface area contributed by atoms with Gasteiger partial charge in [-0.15, -0.1) is 0 Å². The van der Waals surface area contributed by atoms with E-state index in [1.165, 1.54) is 26.4 Å². The lowest BCUT2D eigenvalue weighted by molar-refractivity contribution is -0.123. The molecule has 2 N–H and O–H groups in total. The van der Waals surface area contributed by atoms with Gasteiger partial charge in [0.1, 0.15) is 23.3 Å². The van der Waals surface area contributed by atoms with Crippen molar-refractivity contribution in [2.24, 2.45) is 0 Å². The second kappa shape index (κ2) is 8.94. The lowest BCUT2D eigenvalue weighted by atomic mass is 10.2. The van der Waals surface area contributed by atoms with Crippen molar-refractivity contribution in [1.82, 2.24) is 10.9 Å². The van der Waals surface area contributed by atoms with E-state index in [1.807, 2.05) is 6.07 Å². The van der Waals surface area contributed by atoms with Crippen molar-refractivity contribution in [2.45, 2.75) is 0 Å². The fourth-order valence-electron chi connectivity index (χ4n) is 2.00. The molecule has 0 aliphatic carbocycles. The number of amides is 2. The third-order valence-corrected chi connectivity index (χ3v) is 3.30. The summed E-state index contributed by atoms with van der Waals surface area (Å²) in [7, 11) is 2.93. The average Bonchev–Trinajstić information content (AvgIpc) is 2.69. The molecule has 0 aliphatic heterocycles. The highest BCUT2D eigenvalue weighted by Crippen LogP contribution is 2.22. The van der Waals surface area contributed by atoms with Crippen LogP contribution in [0.5, 0.6) is 17.2 Å². The van der Waals surface area contributed by atoms with Gasteiger partial charge in [-0.25, -0.2) is 0 Å². The Morgan fingerprint density at radius 3 is 2.31 bits per heavy atom. The fourth-order valence-corrected chi connectivity index (χ4v) is 2.00. The quantitative estimate of drug-likeness (QED) is 0.758. The van der Waals surface area contributed by atoms with E-state index in [2.05, 4.69) is 10.9 Å². The third kappa shape index (κ3) is 4.88. The molecule has 0 radical (unpaired) electrons. The molecular weight excluding hydrogens is 338 g/mol. The third-order valence-electron chi connectivity index (χ3n) is 3.30. The van der Waals surface area contributed by atoms with Gasteiger partial charge in [0.25, 0.3) is 11.8 Å². The number of ether oxygens (including phenoxy) is 3. The summed E-state index contributed by atoms with van der Waals surface area (Å²) < 4.78 is 15.5. The lowest BCUT2D eigenvalue weighted by Crippen LogP contribution is -2.43. The molecular formula is C18H17N3O5. The molecule has 0 bridgehead atoms. The predicted octanol–water partition coefficient (Wildman–Crippen LogP) is 1.42. The number of benzene rings is 2. The van der Waals surface area contributed by atoms with Gasteiger partial charge in [-0.2, -0.15) is 5.26 Å². The normalized spacial score (nSPS) is 9.58. The molecule has 0 saturated heterocycles. The maximum absolute atomic E-state index is 12.1. The molecule has 26 heavy (non-hydrogen) atoms. The van der Waals surface area contributed by atoms with E-state index in [-0.39, 0.29) is 17.9 Å². The average molecular weight is 355 g/mol. The number of nitriles is 1. The maximum Gasteiger partial charge on any atom is 0.276 e. The highest BCUT2D eigenvalue weighted by molar-refractivity contribution is 5.96. The van der Waals surface area contributed by atoms with Gasteiger partial charge in [-0.05, 0) is 24.3 Å². The number of methoxy groups -OCH3 is 2. The second-order valence-corrected chi connectivity index (χ2v) is 5.00. The van der Waals surface area contributed by atoms with Gasteiger partial charge in [-0.1, -0.05) is 12.1 Å². The van der Waals surface area contributed by atoms with E-state index in [4.69, 9.17) is 19.5 Å². The van der Waals surface area contributed by atoms with E-state index in [0.29, 0.717) is 17.1 Å². The number of hydrazine groups is 1. The van der Waals surface area contributed by atoms with Crippen LogP contribution in [0.25, 0.3) is 0 Å². The number of nitrogens with one attached hydrogen (secondary N) is 2. The summed E-state index contributed by atoms with van der Waals surface area (Å²) in [6.45, 7) is -0.361. The van der Waals surface area contributed by atoms with Gasteiger partial charge in [0.2, 0.25) is 0 Å². The van der Waals surface area contributed by atoms with Gasteiger partial charge in [-0.3, -0.25) is 20.4 Å². The van der Waals surface area contributed by atoms with Crippen molar-refractivity contribution in [3.05, 3.63) is 53.6 Å². The number of rotatable bonds is 6. The van der Waals surface area contributed by atoms with E-state index in [9.17, 15) is 9.59 Å². The second-order valence-electron chi connectivity index (χ2n) is 5.00. The minimum Gasteiger partial charge on any atom is -0.497 e. The van der Waals surface area contributed by atoms with Crippen molar-refractivity contribution in [1.29, 1.82) is 5.26 Å². The molecule has 8 nitrogen and oxygen atoms in total. The molecule has 0 aliphatic rings. The molecule has 8 heteroatoms. The van der Waals surface area contributed by atoms with Crippen molar-refractivity contribution in [2.75, 3.05) is 20.8 Å². The van der Waals surface area contributed by atoms with E-state index >= 15 is 0 Å². The van der Waals surface area contributed by atoms with Crippen molar-refractivity contribution in [3.63, 3.8) is 0 Å². The van der Waals surface area contributed by atoms with Gasteiger partial charge in [0, 0.05) is 11.6 Å². The summed E-state index contributed by atoms with van der Waals surface area (Å²) in [6, 6.07) is 13.1. The van der Waals surface area contributed by atoms with Crippen LogP contribution in [-0.4, -0.2) is 32.6 Å². The monoisotopic (exact) mass is 355 g/mol. The highest BCUT2D eigenvalue weighted by atomic mass is 16.5. The number of hydrogen-bond acceptors (Lipinski definition) is 6. The number of nitrogens with zero attached hydrogens (tertiary/aromatic N) is 1. The molecule has 2 amide bonds. The summed E-state index contributed by atoms with van der Waals surface area (Å²) >= 11 is 0. The first-order valence-corrected chi connectivity index (χ1v) is 7.51. The Hall–Kier alpha value is -3.73. The minimum atomic E-state index is -0.582. The van der Waals surface area contributed by atoms with Crippen LogP contribution in [0, 0.1) is 11.3 Å².